The fourth-order valence-corrected chi connectivity index (χ4v) is 4.66. The first kappa shape index (κ1) is 20.0. The predicted molar refractivity (Wildman–Crippen MR) is 97.5 cm³/mol. The monoisotopic (exact) mass is 388 g/mol. The highest BCUT2D eigenvalue weighted by Gasteiger charge is 2.26. The Balaban J connectivity index is 2.08. The Morgan fingerprint density at radius 3 is 2.40 bits per heavy atom. The second-order valence-corrected chi connectivity index (χ2v) is 8.26. The quantitative estimate of drug-likeness (QED) is 0.720. The molecule has 1 fully saturated rings. The third-order valence-corrected chi connectivity index (χ3v) is 6.51. The molecule has 140 valence electrons. The first-order chi connectivity index (χ1) is 11.9. The van der Waals surface area contributed by atoms with Crippen molar-refractivity contribution in [3.63, 3.8) is 0 Å². The second kappa shape index (κ2) is 8.87. The van der Waals surface area contributed by atoms with Gasteiger partial charge >= 0.3 is 0 Å². The molecule has 0 atom stereocenters. The molecule has 2 rings (SSSR count). The predicted octanol–water partition coefficient (Wildman–Crippen LogP) is 2.76. The highest BCUT2D eigenvalue weighted by molar-refractivity contribution is 7.89. The molecule has 0 saturated carbocycles. The molecule has 1 aromatic carbocycles. The Kier molecular flexibility index (Phi) is 7.10. The maximum absolute atomic E-state index is 12.6. The summed E-state index contributed by atoms with van der Waals surface area (Å²) >= 11 is 6.17. The average Bonchev–Trinajstić information content (AvgIpc) is 2.62. The molecular formula is C17H25ClN2O4S. The first-order valence-electron chi connectivity index (χ1n) is 8.60. The number of sulfonamides is 1. The van der Waals surface area contributed by atoms with E-state index in [-0.39, 0.29) is 22.4 Å². The molecule has 0 bridgehead atoms. The summed E-state index contributed by atoms with van der Waals surface area (Å²) in [5.41, 5.74) is 0. The number of likely N-dealkylation sites (N-methyl/N-ethyl adjacent to an activating group) is 1. The molecule has 0 radical (unpaired) electrons. The molecule has 0 aliphatic carbocycles. The Morgan fingerprint density at radius 1 is 1.20 bits per heavy atom. The molecular weight excluding hydrogens is 364 g/mol. The van der Waals surface area contributed by atoms with Crippen LogP contribution in [0.25, 0.3) is 0 Å². The van der Waals surface area contributed by atoms with Gasteiger partial charge in [-0.25, -0.2) is 8.42 Å². The van der Waals surface area contributed by atoms with Gasteiger partial charge < -0.3 is 9.64 Å². The molecule has 1 aliphatic heterocycles. The van der Waals surface area contributed by atoms with Crippen molar-refractivity contribution < 1.29 is 17.9 Å². The summed E-state index contributed by atoms with van der Waals surface area (Å²) in [7, 11) is -3.54. The van der Waals surface area contributed by atoms with Crippen LogP contribution in [0.3, 0.4) is 0 Å². The molecule has 1 saturated heterocycles. The number of amides is 1. The minimum Gasteiger partial charge on any atom is -0.482 e. The van der Waals surface area contributed by atoms with Gasteiger partial charge in [-0.15, -0.1) is 0 Å². The number of hydrogen-bond donors (Lipinski definition) is 0. The molecule has 1 aromatic rings. The van der Waals surface area contributed by atoms with Crippen LogP contribution < -0.4 is 4.74 Å². The lowest BCUT2D eigenvalue weighted by Crippen LogP contribution is -2.35. The Bertz CT molecular complexity index is 699. The second-order valence-electron chi connectivity index (χ2n) is 5.91. The van der Waals surface area contributed by atoms with Crippen molar-refractivity contribution in [2.24, 2.45) is 0 Å². The lowest BCUT2D eigenvalue weighted by molar-refractivity contribution is -0.132. The number of halogens is 1. The van der Waals surface area contributed by atoms with E-state index < -0.39 is 10.0 Å². The smallest absolute Gasteiger partial charge is 0.260 e. The molecule has 25 heavy (non-hydrogen) atoms. The van der Waals surface area contributed by atoms with Crippen LogP contribution in [-0.2, 0) is 14.8 Å². The van der Waals surface area contributed by atoms with Gasteiger partial charge in [-0.1, -0.05) is 18.0 Å². The Morgan fingerprint density at radius 2 is 1.84 bits per heavy atom. The molecule has 6 nitrogen and oxygen atoms in total. The standard InChI is InChI=1S/C17H25ClN2O4S/c1-3-19(4-2)17(21)13-24-16-9-8-14(12-15(16)18)25(22,23)20-10-6-5-7-11-20/h8-9,12H,3-7,10-11,13H2,1-2H3. The van der Waals surface area contributed by atoms with Crippen molar-refractivity contribution in [2.45, 2.75) is 38.0 Å². The van der Waals surface area contributed by atoms with E-state index in [4.69, 9.17) is 16.3 Å². The van der Waals surface area contributed by atoms with Crippen molar-refractivity contribution >= 4 is 27.5 Å². The van der Waals surface area contributed by atoms with Crippen LogP contribution in [0, 0.1) is 0 Å². The van der Waals surface area contributed by atoms with Crippen LogP contribution in [0.1, 0.15) is 33.1 Å². The number of benzene rings is 1. The maximum atomic E-state index is 12.6. The van der Waals surface area contributed by atoms with Crippen molar-refractivity contribution in [2.75, 3.05) is 32.8 Å². The molecule has 0 spiro atoms. The van der Waals surface area contributed by atoms with Crippen LogP contribution in [0.15, 0.2) is 23.1 Å². The number of carbonyl (C=O) groups excluding carboxylic acids is 1. The topological polar surface area (TPSA) is 66.9 Å². The normalized spacial score (nSPS) is 15.8. The third-order valence-electron chi connectivity index (χ3n) is 4.32. The molecule has 1 heterocycles. The fourth-order valence-electron chi connectivity index (χ4n) is 2.82. The summed E-state index contributed by atoms with van der Waals surface area (Å²) in [6.45, 7) is 5.97. The summed E-state index contributed by atoms with van der Waals surface area (Å²) in [4.78, 5) is 13.8. The molecule has 0 aromatic heterocycles. The number of carbonyl (C=O) groups is 1. The number of ether oxygens (including phenoxy) is 1. The van der Waals surface area contributed by atoms with Crippen molar-refractivity contribution in [1.82, 2.24) is 9.21 Å². The molecule has 0 N–H and O–H groups in total. The van der Waals surface area contributed by atoms with E-state index in [9.17, 15) is 13.2 Å². The Hall–Kier alpha value is -1.31. The van der Waals surface area contributed by atoms with Crippen molar-refractivity contribution in [3.05, 3.63) is 23.2 Å². The van der Waals surface area contributed by atoms with Gasteiger partial charge in [0, 0.05) is 26.2 Å². The van der Waals surface area contributed by atoms with Crippen LogP contribution >= 0.6 is 11.6 Å². The van der Waals surface area contributed by atoms with Crippen LogP contribution in [0.2, 0.25) is 5.02 Å². The van der Waals surface area contributed by atoms with Gasteiger partial charge in [-0.2, -0.15) is 4.31 Å². The maximum Gasteiger partial charge on any atom is 0.260 e. The van der Waals surface area contributed by atoms with Gasteiger partial charge in [0.15, 0.2) is 6.61 Å². The molecule has 0 unspecified atom stereocenters. The highest BCUT2D eigenvalue weighted by atomic mass is 35.5. The van der Waals surface area contributed by atoms with Gasteiger partial charge in [0.2, 0.25) is 10.0 Å². The van der Waals surface area contributed by atoms with E-state index in [1.165, 1.54) is 22.5 Å². The zero-order chi connectivity index (χ0) is 18.4. The van der Waals surface area contributed by atoms with E-state index in [0.29, 0.717) is 31.9 Å². The van der Waals surface area contributed by atoms with Crippen LogP contribution in [0.5, 0.6) is 5.75 Å². The van der Waals surface area contributed by atoms with Crippen molar-refractivity contribution in [1.29, 1.82) is 0 Å². The highest BCUT2D eigenvalue weighted by Crippen LogP contribution is 2.29. The lowest BCUT2D eigenvalue weighted by Gasteiger charge is -2.26. The molecule has 1 aliphatic rings. The van der Waals surface area contributed by atoms with Crippen molar-refractivity contribution in [3.8, 4) is 5.75 Å². The van der Waals surface area contributed by atoms with E-state index in [0.717, 1.165) is 19.3 Å². The zero-order valence-electron chi connectivity index (χ0n) is 14.7. The third kappa shape index (κ3) is 4.86. The van der Waals surface area contributed by atoms with E-state index in [1.54, 1.807) is 4.90 Å². The lowest BCUT2D eigenvalue weighted by atomic mass is 10.2. The zero-order valence-corrected chi connectivity index (χ0v) is 16.3. The van der Waals surface area contributed by atoms with Gasteiger partial charge in [0.25, 0.3) is 5.91 Å². The number of nitrogens with zero attached hydrogens (tertiary/aromatic N) is 2. The van der Waals surface area contributed by atoms with Crippen LogP contribution in [0.4, 0.5) is 0 Å². The fraction of sp³-hybridized carbons (Fsp3) is 0.588. The Labute approximate surface area is 154 Å². The van der Waals surface area contributed by atoms with E-state index in [1.807, 2.05) is 13.8 Å². The number of rotatable bonds is 7. The van der Waals surface area contributed by atoms with Gasteiger partial charge in [-0.05, 0) is 44.9 Å². The van der Waals surface area contributed by atoms with Gasteiger partial charge in [-0.3, -0.25) is 4.79 Å². The first-order valence-corrected chi connectivity index (χ1v) is 10.4. The molecule has 1 amide bonds. The summed E-state index contributed by atoms with van der Waals surface area (Å²) < 4.78 is 32.3. The van der Waals surface area contributed by atoms with E-state index >= 15 is 0 Å². The van der Waals surface area contributed by atoms with Crippen LogP contribution in [-0.4, -0.2) is 56.3 Å². The SMILES string of the molecule is CCN(CC)C(=O)COc1ccc(S(=O)(=O)N2CCCCC2)cc1Cl. The summed E-state index contributed by atoms with van der Waals surface area (Å²) in [5.74, 6) is 0.172. The number of hydrogen-bond acceptors (Lipinski definition) is 4. The summed E-state index contributed by atoms with van der Waals surface area (Å²) in [5, 5.41) is 0.186. The van der Waals surface area contributed by atoms with Gasteiger partial charge in [0.1, 0.15) is 5.75 Å². The molecule has 8 heteroatoms. The summed E-state index contributed by atoms with van der Waals surface area (Å²) in [6, 6.07) is 4.38. The minimum atomic E-state index is -3.54. The largest absolute Gasteiger partial charge is 0.482 e. The number of piperidine rings is 1. The summed E-state index contributed by atoms with van der Waals surface area (Å²) in [6.07, 6.45) is 2.81. The average molecular weight is 389 g/mol. The van der Waals surface area contributed by atoms with Gasteiger partial charge in [0.05, 0.1) is 9.92 Å². The minimum absolute atomic E-state index is 0.125. The van der Waals surface area contributed by atoms with E-state index in [2.05, 4.69) is 0 Å².